The second-order valence-corrected chi connectivity index (χ2v) is 9.09. The molecule has 0 aliphatic rings. The van der Waals surface area contributed by atoms with Crippen LogP contribution in [0.15, 0.2) is 0 Å². The molecule has 4 atom stereocenters. The first-order valence-electron chi connectivity index (χ1n) is 12.3. The van der Waals surface area contributed by atoms with Crippen molar-refractivity contribution < 1.29 is 52.5 Å². The molecular weight excluding hydrogens is 412 g/mol. The Bertz CT molecular complexity index is 785. The highest BCUT2D eigenvalue weighted by Gasteiger charge is 2.36. The summed E-state index contributed by atoms with van der Waals surface area (Å²) >= 11 is 0. The highest BCUT2D eigenvalue weighted by atomic mass is 16.6. The van der Waals surface area contributed by atoms with E-state index < -0.39 is 73.0 Å². The number of carbonyl (C=O) groups is 3. The SMILES string of the molecule is [2H]C([2H])([2H])[C@](C)(O)[C@@H](CO)NC(=O)OC(C)(C)C.[2H]C([2H])([2H])[C@](C)(O)[C@H](NC(=O)OC(C)(C)C)C(=O)O. The van der Waals surface area contributed by atoms with Gasteiger partial charge in [0.2, 0.25) is 0 Å². The van der Waals surface area contributed by atoms with E-state index in [-0.39, 0.29) is 0 Å². The molecule has 184 valence electrons. The lowest BCUT2D eigenvalue weighted by Crippen LogP contribution is -2.54. The van der Waals surface area contributed by atoms with Gasteiger partial charge in [-0.2, -0.15) is 0 Å². The molecule has 11 nitrogen and oxygen atoms in total. The number of alkyl carbamates (subject to hydrolysis) is 2. The van der Waals surface area contributed by atoms with Crippen LogP contribution in [0.3, 0.4) is 0 Å². The molecule has 0 heterocycles. The molecule has 0 aromatic rings. The number of aliphatic hydroxyl groups excluding tert-OH is 1. The fourth-order valence-corrected chi connectivity index (χ4v) is 1.68. The van der Waals surface area contributed by atoms with Gasteiger partial charge in [0.1, 0.15) is 11.2 Å². The molecule has 31 heavy (non-hydrogen) atoms. The first-order chi connectivity index (χ1) is 16.0. The number of hydrogen-bond acceptors (Lipinski definition) is 8. The van der Waals surface area contributed by atoms with Gasteiger partial charge in [0.15, 0.2) is 6.04 Å². The van der Waals surface area contributed by atoms with Crippen LogP contribution in [0.5, 0.6) is 0 Å². The average Bonchev–Trinajstić information content (AvgIpc) is 2.59. The Balaban J connectivity index is 0. The first kappa shape index (κ1) is 20.8. The second-order valence-electron chi connectivity index (χ2n) is 9.09. The minimum Gasteiger partial charge on any atom is -0.480 e. The van der Waals surface area contributed by atoms with E-state index in [1.165, 1.54) is 0 Å². The summed E-state index contributed by atoms with van der Waals surface area (Å²) in [5.74, 6) is -1.67. The van der Waals surface area contributed by atoms with Crippen LogP contribution in [-0.4, -0.2) is 79.7 Å². The number of carboxylic acids is 1. The topological polar surface area (TPSA) is 175 Å². The fourth-order valence-electron chi connectivity index (χ4n) is 1.68. The van der Waals surface area contributed by atoms with Crippen LogP contribution in [0.4, 0.5) is 9.59 Å². The molecule has 0 saturated carbocycles. The zero-order chi connectivity index (χ0) is 30.4. The molecule has 0 bridgehead atoms. The molecule has 0 spiro atoms. The lowest BCUT2D eigenvalue weighted by atomic mass is 9.99. The summed E-state index contributed by atoms with van der Waals surface area (Å²) < 4.78 is 52.6. The number of aliphatic hydroxyl groups is 3. The van der Waals surface area contributed by atoms with Crippen LogP contribution in [0.2, 0.25) is 0 Å². The van der Waals surface area contributed by atoms with E-state index in [4.69, 9.17) is 27.9 Å². The number of nitrogens with one attached hydrogen (secondary N) is 2. The van der Waals surface area contributed by atoms with Crippen LogP contribution in [0.25, 0.3) is 0 Å². The average molecular weight is 459 g/mol. The van der Waals surface area contributed by atoms with Gasteiger partial charge in [-0.1, -0.05) is 0 Å². The Morgan fingerprint density at radius 1 is 0.839 bits per heavy atom. The normalized spacial score (nSPS) is 21.1. The van der Waals surface area contributed by atoms with E-state index in [1.807, 2.05) is 5.32 Å². The molecule has 0 aromatic carbocycles. The van der Waals surface area contributed by atoms with Crippen molar-refractivity contribution in [3.63, 3.8) is 0 Å². The third-order valence-electron chi connectivity index (χ3n) is 3.02. The third kappa shape index (κ3) is 16.3. The van der Waals surface area contributed by atoms with Crippen LogP contribution < -0.4 is 10.6 Å². The summed E-state index contributed by atoms with van der Waals surface area (Å²) in [4.78, 5) is 33.9. The van der Waals surface area contributed by atoms with E-state index in [1.54, 1.807) is 41.5 Å². The Hall–Kier alpha value is -2.11. The van der Waals surface area contributed by atoms with Crippen molar-refractivity contribution in [3.8, 4) is 0 Å². The molecular formula is C20H40N2O9. The second kappa shape index (κ2) is 11.5. The number of carbonyl (C=O) groups excluding carboxylic acids is 2. The fraction of sp³-hybridized carbons (Fsp3) is 0.850. The highest BCUT2D eigenvalue weighted by Crippen LogP contribution is 2.12. The maximum atomic E-state index is 11.5. The van der Waals surface area contributed by atoms with Gasteiger partial charge in [0, 0.05) is 8.22 Å². The number of carboxylic acid groups (broad SMARTS) is 1. The van der Waals surface area contributed by atoms with Gasteiger partial charge in [-0.25, -0.2) is 14.4 Å². The molecule has 0 aromatic heterocycles. The maximum Gasteiger partial charge on any atom is 0.408 e. The lowest BCUT2D eigenvalue weighted by molar-refractivity contribution is -0.145. The molecule has 0 rings (SSSR count). The predicted molar refractivity (Wildman–Crippen MR) is 114 cm³/mol. The maximum absolute atomic E-state index is 11.5. The lowest BCUT2D eigenvalue weighted by Gasteiger charge is -2.29. The Kier molecular flexibility index (Phi) is 7.70. The summed E-state index contributed by atoms with van der Waals surface area (Å²) in [6, 6.07) is -3.37. The van der Waals surface area contributed by atoms with E-state index >= 15 is 0 Å². The van der Waals surface area contributed by atoms with Crippen molar-refractivity contribution in [1.29, 1.82) is 0 Å². The van der Waals surface area contributed by atoms with E-state index in [9.17, 15) is 24.6 Å². The summed E-state index contributed by atoms with van der Waals surface area (Å²) in [7, 11) is 0. The van der Waals surface area contributed by atoms with Crippen LogP contribution in [0, 0.1) is 0 Å². The Morgan fingerprint density at radius 3 is 1.52 bits per heavy atom. The van der Waals surface area contributed by atoms with Crippen LogP contribution in [-0.2, 0) is 14.3 Å². The smallest absolute Gasteiger partial charge is 0.408 e. The standard InChI is InChI=1S/C10H19NO5.C10H21NO4/c1-9(2,3)16-8(14)11-6(7(12)13)10(4,5)15;1-9(2,3)15-8(13)11-7(6-12)10(4,5)14/h6,15H,1-5H3,(H,11,14)(H,12,13);7,12,14H,6H2,1-5H3,(H,11,13)/t6-;7-/m11/s1/i2*4D3/t6-,10-;7-,10-. The predicted octanol–water partition coefficient (Wildman–Crippen LogP) is 1.38. The van der Waals surface area contributed by atoms with Crippen molar-refractivity contribution in [1.82, 2.24) is 10.6 Å². The summed E-state index contributed by atoms with van der Waals surface area (Å²) in [5, 5.41) is 41.7. The number of hydrogen-bond donors (Lipinski definition) is 6. The van der Waals surface area contributed by atoms with Crippen molar-refractivity contribution >= 4 is 18.2 Å². The molecule has 0 unspecified atom stereocenters. The highest BCUT2D eigenvalue weighted by molar-refractivity contribution is 5.81. The third-order valence-corrected chi connectivity index (χ3v) is 3.02. The van der Waals surface area contributed by atoms with Crippen molar-refractivity contribution in [2.75, 3.05) is 6.61 Å². The molecule has 11 heteroatoms. The molecule has 0 radical (unpaired) electrons. The van der Waals surface area contributed by atoms with Gasteiger partial charge >= 0.3 is 18.2 Å². The number of rotatable bonds is 6. The van der Waals surface area contributed by atoms with Gasteiger partial charge in [-0.3, -0.25) is 0 Å². The number of aliphatic carboxylic acids is 1. The Labute approximate surface area is 192 Å². The summed E-state index contributed by atoms with van der Waals surface area (Å²) in [5.41, 5.74) is -6.51. The van der Waals surface area contributed by atoms with Crippen LogP contribution in [0.1, 0.15) is 77.3 Å². The molecule has 0 saturated heterocycles. The number of amides is 2. The molecule has 6 N–H and O–H groups in total. The van der Waals surface area contributed by atoms with Gasteiger partial charge in [0.05, 0.1) is 23.9 Å². The summed E-state index contributed by atoms with van der Waals surface area (Å²) in [6.07, 6.45) is -2.02. The first-order valence-corrected chi connectivity index (χ1v) is 9.27. The minimum atomic E-state index is -2.98. The minimum absolute atomic E-state index is 0.718. The van der Waals surface area contributed by atoms with Crippen molar-refractivity contribution in [3.05, 3.63) is 0 Å². The van der Waals surface area contributed by atoms with E-state index in [0.717, 1.165) is 13.8 Å². The molecule has 0 aliphatic heterocycles. The molecule has 2 amide bonds. The largest absolute Gasteiger partial charge is 0.480 e. The zero-order valence-corrected chi connectivity index (χ0v) is 19.2. The van der Waals surface area contributed by atoms with E-state index in [0.29, 0.717) is 0 Å². The van der Waals surface area contributed by atoms with Gasteiger partial charge in [-0.15, -0.1) is 0 Å². The molecule has 0 aliphatic carbocycles. The number of ether oxygens (including phenoxy) is 2. The zero-order valence-electron chi connectivity index (χ0n) is 25.2. The van der Waals surface area contributed by atoms with E-state index in [2.05, 4.69) is 5.32 Å². The van der Waals surface area contributed by atoms with Crippen LogP contribution >= 0.6 is 0 Å². The Morgan fingerprint density at radius 2 is 1.23 bits per heavy atom. The van der Waals surface area contributed by atoms with Crippen molar-refractivity contribution in [2.24, 2.45) is 0 Å². The summed E-state index contributed by atoms with van der Waals surface area (Å²) in [6.45, 7) is 5.01. The monoisotopic (exact) mass is 458 g/mol. The van der Waals surface area contributed by atoms with Crippen molar-refractivity contribution in [2.45, 2.75) is 104 Å². The van der Waals surface area contributed by atoms with Gasteiger partial charge in [-0.05, 0) is 69.1 Å². The van der Waals surface area contributed by atoms with Gasteiger partial charge in [0.25, 0.3) is 0 Å². The molecule has 0 fully saturated rings. The van der Waals surface area contributed by atoms with Gasteiger partial charge < -0.3 is 40.5 Å². The quantitative estimate of drug-likeness (QED) is 0.343.